The molecule has 5 rings (SSSR count). The van der Waals surface area contributed by atoms with Crippen LogP contribution in [-0.2, 0) is 17.1 Å². The fourth-order valence-corrected chi connectivity index (χ4v) is 3.20. The molecule has 27 heavy (non-hydrogen) atoms. The molecule has 0 fully saturated rings. The number of hydrogen-bond donors (Lipinski definition) is 2. The van der Waals surface area contributed by atoms with E-state index in [0.29, 0.717) is 5.02 Å². The zero-order valence-corrected chi connectivity index (χ0v) is 18.1. The molecule has 0 saturated carbocycles. The van der Waals surface area contributed by atoms with Crippen molar-refractivity contribution >= 4 is 58.0 Å². The van der Waals surface area contributed by atoms with E-state index in [1.165, 1.54) is 0 Å². The molecule has 3 aromatic heterocycles. The number of rotatable bonds is 0. The topological polar surface area (TPSA) is 57.4 Å². The summed E-state index contributed by atoms with van der Waals surface area (Å²) in [7, 11) is 0. The Morgan fingerprint density at radius 2 is 1.22 bits per heavy atom. The Bertz CT molecular complexity index is 1230. The number of nitrogens with zero attached hydrogens (tertiary/aromatic N) is 2. The molecular weight excluding hydrogens is 418 g/mol. The molecule has 2 aliphatic rings. The second-order valence-electron chi connectivity index (χ2n) is 6.02. The van der Waals surface area contributed by atoms with Crippen LogP contribution in [0, 0.1) is 0 Å². The summed E-state index contributed by atoms with van der Waals surface area (Å²) >= 11 is 6.36. The number of halogens is 1. The SMILES string of the molecule is Clc1cc2cc3ccc(cc4nc(cc5nc(cc1[nH]2)C=C5)C=C4)[nH]3.[Cu].[H-].[Na+]. The largest absolute Gasteiger partial charge is 1.00 e. The Kier molecular flexibility index (Phi) is 6.11. The summed E-state index contributed by atoms with van der Waals surface area (Å²) in [6.07, 6.45) is 7.94. The van der Waals surface area contributed by atoms with Gasteiger partial charge in [-0.05, 0) is 66.8 Å². The van der Waals surface area contributed by atoms with E-state index in [1.54, 1.807) is 0 Å². The van der Waals surface area contributed by atoms with Crippen molar-refractivity contribution in [1.29, 1.82) is 0 Å². The first-order valence-electron chi connectivity index (χ1n) is 7.95. The summed E-state index contributed by atoms with van der Waals surface area (Å²) < 4.78 is 0. The van der Waals surface area contributed by atoms with E-state index >= 15 is 0 Å². The van der Waals surface area contributed by atoms with E-state index in [9.17, 15) is 0 Å². The summed E-state index contributed by atoms with van der Waals surface area (Å²) in [6, 6.07) is 13.9. The van der Waals surface area contributed by atoms with Crippen molar-refractivity contribution in [2.45, 2.75) is 0 Å². The van der Waals surface area contributed by atoms with Crippen molar-refractivity contribution in [3.05, 3.63) is 70.3 Å². The quantitative estimate of drug-likeness (QED) is 0.370. The van der Waals surface area contributed by atoms with Crippen LogP contribution < -0.4 is 29.6 Å². The van der Waals surface area contributed by atoms with Crippen LogP contribution >= 0.6 is 11.6 Å². The molecule has 2 N–H and O–H groups in total. The van der Waals surface area contributed by atoms with Gasteiger partial charge in [-0.1, -0.05) is 11.6 Å². The molecule has 0 aliphatic carbocycles. The monoisotopic (exact) mass is 431 g/mol. The number of H-pyrrole nitrogens is 2. The van der Waals surface area contributed by atoms with Crippen molar-refractivity contribution in [1.82, 2.24) is 19.9 Å². The molecule has 133 valence electrons. The summed E-state index contributed by atoms with van der Waals surface area (Å²) in [5.41, 5.74) is 7.31. The van der Waals surface area contributed by atoms with E-state index in [2.05, 4.69) is 19.9 Å². The predicted octanol–water partition coefficient (Wildman–Crippen LogP) is 2.42. The maximum atomic E-state index is 6.36. The third kappa shape index (κ3) is 4.30. The summed E-state index contributed by atoms with van der Waals surface area (Å²) in [4.78, 5) is 15.9. The number of nitrogens with one attached hydrogen (secondary N) is 2. The van der Waals surface area contributed by atoms with Gasteiger partial charge in [-0.25, -0.2) is 9.97 Å². The van der Waals surface area contributed by atoms with E-state index in [0.717, 1.165) is 44.8 Å². The Labute approximate surface area is 195 Å². The van der Waals surface area contributed by atoms with E-state index in [1.807, 2.05) is 66.8 Å². The molecule has 2 aliphatic heterocycles. The van der Waals surface area contributed by atoms with Crippen molar-refractivity contribution in [2.24, 2.45) is 0 Å². The van der Waals surface area contributed by atoms with Gasteiger partial charge in [-0.2, -0.15) is 0 Å². The third-order valence-corrected chi connectivity index (χ3v) is 4.43. The van der Waals surface area contributed by atoms with E-state index in [4.69, 9.17) is 11.6 Å². The Morgan fingerprint density at radius 1 is 0.667 bits per heavy atom. The molecule has 7 heteroatoms. The van der Waals surface area contributed by atoms with Crippen molar-refractivity contribution in [3.63, 3.8) is 0 Å². The van der Waals surface area contributed by atoms with Gasteiger partial charge in [0.2, 0.25) is 0 Å². The molecular formula is C20H14ClCuN4Na. The van der Waals surface area contributed by atoms with Crippen LogP contribution in [0.2, 0.25) is 5.02 Å². The van der Waals surface area contributed by atoms with Crippen LogP contribution in [0.4, 0.5) is 0 Å². The van der Waals surface area contributed by atoms with Crippen molar-refractivity contribution in [3.8, 4) is 0 Å². The number of aromatic nitrogens is 4. The molecule has 4 nitrogen and oxygen atoms in total. The molecule has 3 aromatic rings. The maximum absolute atomic E-state index is 6.36. The van der Waals surface area contributed by atoms with Gasteiger partial charge in [0.05, 0.1) is 33.3 Å². The molecule has 5 heterocycles. The Balaban J connectivity index is 0.000000934. The molecule has 0 spiro atoms. The molecule has 0 unspecified atom stereocenters. The standard InChI is InChI=1S/C20H13ClN4.Cu.Na.H/c21-19-10-18-9-16-4-3-14(23-16)7-12-1-2-13(22-12)8-15-5-6-17(24-15)11-20(19)25-18;;;/h1-11,23,25H;;;/q;;+1;-1. The van der Waals surface area contributed by atoms with Gasteiger partial charge in [0.25, 0.3) is 0 Å². The average molecular weight is 432 g/mol. The first kappa shape index (κ1) is 20.2. The van der Waals surface area contributed by atoms with E-state index in [-0.39, 0.29) is 48.1 Å². The minimum Gasteiger partial charge on any atom is -1.00 e. The minimum atomic E-state index is 0. The van der Waals surface area contributed by atoms with Crippen LogP contribution in [0.1, 0.15) is 24.2 Å². The van der Waals surface area contributed by atoms with Gasteiger partial charge in [-0.3, -0.25) is 0 Å². The Morgan fingerprint density at radius 3 is 1.89 bits per heavy atom. The second-order valence-corrected chi connectivity index (χ2v) is 6.43. The molecule has 0 amide bonds. The average Bonchev–Trinajstić information content (AvgIpc) is 3.33. The van der Waals surface area contributed by atoms with Crippen LogP contribution in [-0.4, -0.2) is 19.9 Å². The second kappa shape index (κ2) is 8.19. The van der Waals surface area contributed by atoms with Crippen molar-refractivity contribution in [2.75, 3.05) is 0 Å². The van der Waals surface area contributed by atoms with Gasteiger partial charge in [0, 0.05) is 33.6 Å². The molecule has 0 saturated heterocycles. The number of aromatic amines is 2. The molecule has 8 bridgehead atoms. The fourth-order valence-electron chi connectivity index (χ4n) is 2.98. The van der Waals surface area contributed by atoms with Crippen LogP contribution in [0.25, 0.3) is 46.4 Å². The first-order chi connectivity index (χ1) is 12.2. The number of hydrogen-bond acceptors (Lipinski definition) is 2. The Hall–Kier alpha value is -1.59. The fraction of sp³-hybridized carbons (Fsp3) is 0. The summed E-state index contributed by atoms with van der Waals surface area (Å²) in [6.45, 7) is 0. The minimum absolute atomic E-state index is 0. The first-order valence-corrected chi connectivity index (χ1v) is 8.33. The summed E-state index contributed by atoms with van der Waals surface area (Å²) in [5.74, 6) is 0. The van der Waals surface area contributed by atoms with Crippen LogP contribution in [0.5, 0.6) is 0 Å². The molecule has 0 aromatic carbocycles. The van der Waals surface area contributed by atoms with Gasteiger partial charge >= 0.3 is 29.6 Å². The smallest absolute Gasteiger partial charge is 1.00 e. The predicted molar refractivity (Wildman–Crippen MR) is 105 cm³/mol. The third-order valence-electron chi connectivity index (χ3n) is 4.12. The zero-order valence-electron chi connectivity index (χ0n) is 15.4. The van der Waals surface area contributed by atoms with Gasteiger partial charge in [0.1, 0.15) is 0 Å². The van der Waals surface area contributed by atoms with Gasteiger partial charge < -0.3 is 11.4 Å². The van der Waals surface area contributed by atoms with Gasteiger partial charge in [0.15, 0.2) is 0 Å². The van der Waals surface area contributed by atoms with Crippen LogP contribution in [0.3, 0.4) is 0 Å². The van der Waals surface area contributed by atoms with Crippen LogP contribution in [0.15, 0.2) is 42.5 Å². The number of fused-ring (bicyclic) bond motifs is 8. The molecule has 1 radical (unpaired) electrons. The van der Waals surface area contributed by atoms with Crippen molar-refractivity contribution < 1.29 is 48.1 Å². The van der Waals surface area contributed by atoms with E-state index < -0.39 is 0 Å². The normalized spacial score (nSPS) is 11.7. The molecule has 0 atom stereocenters. The zero-order chi connectivity index (χ0) is 16.8. The maximum Gasteiger partial charge on any atom is 1.00 e. The summed E-state index contributed by atoms with van der Waals surface area (Å²) in [5, 5.41) is 0.671. The van der Waals surface area contributed by atoms with Gasteiger partial charge in [-0.15, -0.1) is 0 Å².